The average Bonchev–Trinajstić information content (AvgIpc) is 2.97. The summed E-state index contributed by atoms with van der Waals surface area (Å²) < 4.78 is 5.26. The molecule has 0 aromatic heterocycles. The summed E-state index contributed by atoms with van der Waals surface area (Å²) in [5.74, 6) is 0.820. The van der Waals surface area contributed by atoms with Crippen molar-refractivity contribution in [1.82, 2.24) is 4.90 Å². The van der Waals surface area contributed by atoms with Gasteiger partial charge in [0.05, 0.1) is 6.61 Å². The predicted molar refractivity (Wildman–Crippen MR) is 61.9 cm³/mol. The van der Waals surface area contributed by atoms with Crippen molar-refractivity contribution in [2.45, 2.75) is 38.1 Å². The lowest BCUT2D eigenvalue weighted by atomic mass is 9.98. The van der Waals surface area contributed by atoms with Crippen molar-refractivity contribution in [3.8, 4) is 0 Å². The Morgan fingerprint density at radius 3 is 2.81 bits per heavy atom. The third-order valence-corrected chi connectivity index (χ3v) is 3.43. The second kappa shape index (κ2) is 4.72. The molecule has 2 fully saturated rings. The van der Waals surface area contributed by atoms with Crippen LogP contribution in [0, 0.1) is 5.92 Å². The average molecular weight is 226 g/mol. The van der Waals surface area contributed by atoms with Crippen LogP contribution in [0.4, 0.5) is 0 Å². The zero-order valence-electron chi connectivity index (χ0n) is 10.1. The fourth-order valence-corrected chi connectivity index (χ4v) is 2.22. The second-order valence-electron chi connectivity index (χ2n) is 5.15. The normalized spacial score (nSPS) is 29.4. The Morgan fingerprint density at radius 2 is 2.31 bits per heavy atom. The van der Waals surface area contributed by atoms with Crippen molar-refractivity contribution in [2.24, 2.45) is 11.7 Å². The van der Waals surface area contributed by atoms with Crippen LogP contribution in [0.2, 0.25) is 0 Å². The number of carbonyl (C=O) groups excluding carboxylic acids is 1. The van der Waals surface area contributed by atoms with Crippen molar-refractivity contribution in [2.75, 3.05) is 26.3 Å². The summed E-state index contributed by atoms with van der Waals surface area (Å²) in [4.78, 5) is 14.3. The Morgan fingerprint density at radius 1 is 1.56 bits per heavy atom. The van der Waals surface area contributed by atoms with Gasteiger partial charge in [0.25, 0.3) is 0 Å². The molecule has 1 saturated heterocycles. The maximum atomic E-state index is 12.3. The van der Waals surface area contributed by atoms with E-state index in [0.717, 1.165) is 25.4 Å². The van der Waals surface area contributed by atoms with E-state index in [-0.39, 0.29) is 5.91 Å². The van der Waals surface area contributed by atoms with Gasteiger partial charge in [-0.3, -0.25) is 4.79 Å². The number of hydrogen-bond donors (Lipinski definition) is 1. The van der Waals surface area contributed by atoms with Crippen molar-refractivity contribution in [1.29, 1.82) is 0 Å². The molecule has 2 N–H and O–H groups in total. The topological polar surface area (TPSA) is 55.6 Å². The molecule has 4 heteroatoms. The lowest BCUT2D eigenvalue weighted by Crippen LogP contribution is -2.56. The number of carbonyl (C=O) groups is 1. The first-order valence-electron chi connectivity index (χ1n) is 6.32. The molecule has 1 atom stereocenters. The predicted octanol–water partition coefficient (Wildman–Crippen LogP) is 0.753. The molecule has 1 aliphatic heterocycles. The van der Waals surface area contributed by atoms with Crippen LogP contribution >= 0.6 is 0 Å². The summed E-state index contributed by atoms with van der Waals surface area (Å²) in [6, 6.07) is 0. The summed E-state index contributed by atoms with van der Waals surface area (Å²) in [7, 11) is 0. The summed E-state index contributed by atoms with van der Waals surface area (Å²) in [5, 5.41) is 0. The van der Waals surface area contributed by atoms with Crippen LogP contribution in [0.25, 0.3) is 0 Å². The molecule has 0 radical (unpaired) electrons. The van der Waals surface area contributed by atoms with Crippen LogP contribution in [0.15, 0.2) is 0 Å². The molecule has 92 valence electrons. The zero-order chi connectivity index (χ0) is 11.6. The largest absolute Gasteiger partial charge is 0.379 e. The molecule has 0 spiro atoms. The molecule has 4 nitrogen and oxygen atoms in total. The molecule has 16 heavy (non-hydrogen) atoms. The highest BCUT2D eigenvalue weighted by Crippen LogP contribution is 2.31. The SMILES string of the molecule is CCCN(CC1CC1)C(=O)C1(N)CCOC1. The lowest BCUT2D eigenvalue weighted by Gasteiger charge is -2.30. The van der Waals surface area contributed by atoms with E-state index >= 15 is 0 Å². The minimum atomic E-state index is -0.746. The van der Waals surface area contributed by atoms with E-state index in [0.29, 0.717) is 19.6 Å². The van der Waals surface area contributed by atoms with E-state index in [1.54, 1.807) is 0 Å². The van der Waals surface area contributed by atoms with Gasteiger partial charge in [-0.1, -0.05) is 6.92 Å². The molecule has 1 unspecified atom stereocenters. The van der Waals surface area contributed by atoms with E-state index in [2.05, 4.69) is 6.92 Å². The summed E-state index contributed by atoms with van der Waals surface area (Å²) in [6.07, 6.45) is 4.19. The Balaban J connectivity index is 1.96. The molecule has 1 heterocycles. The first-order valence-corrected chi connectivity index (χ1v) is 6.32. The molecular formula is C12H22N2O2. The van der Waals surface area contributed by atoms with Crippen molar-refractivity contribution >= 4 is 5.91 Å². The number of ether oxygens (including phenoxy) is 1. The molecule has 2 rings (SSSR count). The molecule has 2 aliphatic rings. The van der Waals surface area contributed by atoms with Gasteiger partial charge in [0.1, 0.15) is 5.54 Å². The number of nitrogens with zero attached hydrogens (tertiary/aromatic N) is 1. The molecule has 0 aromatic rings. The van der Waals surface area contributed by atoms with Crippen LogP contribution in [0.3, 0.4) is 0 Å². The quantitative estimate of drug-likeness (QED) is 0.752. The van der Waals surface area contributed by atoms with Gasteiger partial charge in [0, 0.05) is 19.7 Å². The van der Waals surface area contributed by atoms with Crippen LogP contribution in [0.1, 0.15) is 32.6 Å². The maximum Gasteiger partial charge on any atom is 0.245 e. The molecule has 1 aliphatic carbocycles. The van der Waals surface area contributed by atoms with Gasteiger partial charge in [-0.05, 0) is 31.6 Å². The van der Waals surface area contributed by atoms with E-state index < -0.39 is 5.54 Å². The standard InChI is InChI=1S/C12H22N2O2/c1-2-6-14(8-10-3-4-10)11(15)12(13)5-7-16-9-12/h10H,2-9,13H2,1H3. The van der Waals surface area contributed by atoms with Gasteiger partial charge < -0.3 is 15.4 Å². The number of hydrogen-bond acceptors (Lipinski definition) is 3. The minimum absolute atomic E-state index is 0.0961. The highest BCUT2D eigenvalue weighted by Gasteiger charge is 2.41. The first-order chi connectivity index (χ1) is 7.65. The number of amides is 1. The van der Waals surface area contributed by atoms with Crippen molar-refractivity contribution in [3.63, 3.8) is 0 Å². The summed E-state index contributed by atoms with van der Waals surface area (Å²) in [6.45, 7) is 4.82. The van der Waals surface area contributed by atoms with Crippen molar-refractivity contribution < 1.29 is 9.53 Å². The van der Waals surface area contributed by atoms with Gasteiger partial charge >= 0.3 is 0 Å². The smallest absolute Gasteiger partial charge is 0.245 e. The molecule has 1 saturated carbocycles. The lowest BCUT2D eigenvalue weighted by molar-refractivity contribution is -0.137. The monoisotopic (exact) mass is 226 g/mol. The summed E-state index contributed by atoms with van der Waals surface area (Å²) in [5.41, 5.74) is 5.37. The van der Waals surface area contributed by atoms with E-state index in [1.807, 2.05) is 4.90 Å². The molecule has 1 amide bonds. The van der Waals surface area contributed by atoms with Gasteiger partial charge in [-0.2, -0.15) is 0 Å². The molecular weight excluding hydrogens is 204 g/mol. The van der Waals surface area contributed by atoms with Crippen LogP contribution < -0.4 is 5.73 Å². The summed E-state index contributed by atoms with van der Waals surface area (Å²) >= 11 is 0. The van der Waals surface area contributed by atoms with E-state index in [1.165, 1.54) is 12.8 Å². The fourth-order valence-electron chi connectivity index (χ4n) is 2.22. The Bertz CT molecular complexity index is 258. The van der Waals surface area contributed by atoms with E-state index in [4.69, 9.17) is 10.5 Å². The van der Waals surface area contributed by atoms with Crippen LogP contribution in [-0.2, 0) is 9.53 Å². The van der Waals surface area contributed by atoms with Gasteiger partial charge in [-0.15, -0.1) is 0 Å². The second-order valence-corrected chi connectivity index (χ2v) is 5.15. The Hall–Kier alpha value is -0.610. The Kier molecular flexibility index (Phi) is 3.50. The van der Waals surface area contributed by atoms with Gasteiger partial charge in [-0.25, -0.2) is 0 Å². The minimum Gasteiger partial charge on any atom is -0.379 e. The highest BCUT2D eigenvalue weighted by atomic mass is 16.5. The fraction of sp³-hybridized carbons (Fsp3) is 0.917. The molecule has 0 bridgehead atoms. The van der Waals surface area contributed by atoms with Crippen LogP contribution in [-0.4, -0.2) is 42.6 Å². The van der Waals surface area contributed by atoms with Gasteiger partial charge in [0.2, 0.25) is 5.91 Å². The third-order valence-electron chi connectivity index (χ3n) is 3.43. The van der Waals surface area contributed by atoms with Crippen molar-refractivity contribution in [3.05, 3.63) is 0 Å². The van der Waals surface area contributed by atoms with Crippen LogP contribution in [0.5, 0.6) is 0 Å². The van der Waals surface area contributed by atoms with Gasteiger partial charge in [0.15, 0.2) is 0 Å². The molecule has 0 aromatic carbocycles. The highest BCUT2D eigenvalue weighted by molar-refractivity contribution is 5.86. The maximum absolute atomic E-state index is 12.3. The number of nitrogens with two attached hydrogens (primary N) is 1. The zero-order valence-corrected chi connectivity index (χ0v) is 10.1. The van der Waals surface area contributed by atoms with E-state index in [9.17, 15) is 4.79 Å². The number of rotatable bonds is 5. The Labute approximate surface area is 97.1 Å². The third kappa shape index (κ3) is 2.55. The first kappa shape index (κ1) is 11.9.